The van der Waals surface area contributed by atoms with Crippen molar-refractivity contribution in [1.82, 2.24) is 9.71 Å². The molecule has 2 aromatic carbocycles. The number of oxazole rings is 1. The molecule has 0 unspecified atom stereocenters. The lowest BCUT2D eigenvalue weighted by molar-refractivity contribution is -0.688. The van der Waals surface area contributed by atoms with Crippen molar-refractivity contribution in [3.05, 3.63) is 103 Å². The van der Waals surface area contributed by atoms with Gasteiger partial charge in [-0.2, -0.15) is 0 Å². The Morgan fingerprint density at radius 2 is 1.69 bits per heavy atom. The molecule has 9 heteroatoms. The van der Waals surface area contributed by atoms with Crippen LogP contribution in [0.4, 0.5) is 0 Å². The second kappa shape index (κ2) is 9.67. The van der Waals surface area contributed by atoms with Crippen LogP contribution in [0, 0.1) is 0 Å². The number of ether oxygens (including phenoxy) is 1. The van der Waals surface area contributed by atoms with Gasteiger partial charge in [0.2, 0.25) is 17.7 Å². The highest BCUT2D eigenvalue weighted by molar-refractivity contribution is 5.89. The summed E-state index contributed by atoms with van der Waals surface area (Å²) in [7, 11) is 1.62. The van der Waals surface area contributed by atoms with E-state index in [0.717, 1.165) is 22.4 Å². The molecule has 0 saturated carbocycles. The van der Waals surface area contributed by atoms with Gasteiger partial charge in [0.25, 0.3) is 0 Å². The number of carbonyl (C=O) groups is 1. The molecule has 0 atom stereocenters. The van der Waals surface area contributed by atoms with E-state index in [0.29, 0.717) is 22.9 Å². The van der Waals surface area contributed by atoms with E-state index in [-0.39, 0.29) is 17.3 Å². The maximum atomic E-state index is 12.5. The van der Waals surface area contributed by atoms with Gasteiger partial charge < -0.3 is 24.2 Å². The predicted octanol–water partition coefficient (Wildman–Crippen LogP) is 3.83. The average molecular weight is 484 g/mol. The highest BCUT2D eigenvalue weighted by atomic mass is 16.7. The van der Waals surface area contributed by atoms with Crippen molar-refractivity contribution in [3.8, 4) is 40.3 Å². The van der Waals surface area contributed by atoms with Crippen molar-refractivity contribution in [3.63, 3.8) is 0 Å². The summed E-state index contributed by atoms with van der Waals surface area (Å²) in [6.45, 7) is 0.504. The fourth-order valence-electron chi connectivity index (χ4n) is 3.64. The smallest absolute Gasteiger partial charge is 0.363 e. The first-order chi connectivity index (χ1) is 17.5. The first kappa shape index (κ1) is 22.7. The van der Waals surface area contributed by atoms with E-state index in [2.05, 4.69) is 4.98 Å². The summed E-state index contributed by atoms with van der Waals surface area (Å²) in [5.41, 5.74) is 2.87. The van der Waals surface area contributed by atoms with Crippen molar-refractivity contribution < 1.29 is 33.6 Å². The molecule has 9 nitrogen and oxygen atoms in total. The lowest BCUT2D eigenvalue weighted by Crippen LogP contribution is -2.33. The molecule has 180 valence electrons. The number of benzene rings is 2. The van der Waals surface area contributed by atoms with Crippen LogP contribution in [-0.2, 0) is 6.54 Å². The maximum absolute atomic E-state index is 12.5. The summed E-state index contributed by atoms with van der Waals surface area (Å²) in [6, 6.07) is 20.7. The minimum atomic E-state index is -0.712. The zero-order valence-electron chi connectivity index (χ0n) is 19.2. The Balaban J connectivity index is 1.27. The lowest BCUT2D eigenvalue weighted by Gasteiger charge is -2.07. The van der Waals surface area contributed by atoms with Gasteiger partial charge >= 0.3 is 5.97 Å². The Bertz CT molecular complexity index is 1480. The topological polar surface area (TPSA) is 111 Å². The summed E-state index contributed by atoms with van der Waals surface area (Å²) in [5.74, 6) is 0.470. The first-order valence-electron chi connectivity index (χ1n) is 11.0. The van der Waals surface area contributed by atoms with E-state index in [4.69, 9.17) is 14.0 Å². The average Bonchev–Trinajstić information content (AvgIpc) is 3.52. The van der Waals surface area contributed by atoms with Crippen molar-refractivity contribution in [1.29, 1.82) is 0 Å². The van der Waals surface area contributed by atoms with Gasteiger partial charge in [-0.05, 0) is 36.4 Å². The number of carbonyl (C=O) groups excluding carboxylic acids is 1. The molecule has 5 aromatic rings. The van der Waals surface area contributed by atoms with Gasteiger partial charge in [-0.25, -0.2) is 14.3 Å². The van der Waals surface area contributed by atoms with Crippen LogP contribution < -0.4 is 14.1 Å². The molecule has 0 aliphatic rings. The van der Waals surface area contributed by atoms with Crippen molar-refractivity contribution in [2.75, 3.05) is 7.11 Å². The Labute approximate surface area is 206 Å². The predicted molar refractivity (Wildman–Crippen MR) is 128 cm³/mol. The molecular weight excluding hydrogens is 462 g/mol. The number of rotatable bonds is 7. The third kappa shape index (κ3) is 4.76. The fraction of sp³-hybridized carbons (Fsp3) is 0.0741. The third-order valence-corrected chi connectivity index (χ3v) is 5.52. The second-order valence-electron chi connectivity index (χ2n) is 7.94. The van der Waals surface area contributed by atoms with Gasteiger partial charge in [0.05, 0.1) is 18.9 Å². The Morgan fingerprint density at radius 3 is 2.39 bits per heavy atom. The summed E-state index contributed by atoms with van der Waals surface area (Å²) >= 11 is 0. The zero-order valence-corrected chi connectivity index (χ0v) is 19.2. The van der Waals surface area contributed by atoms with Crippen LogP contribution in [-0.4, -0.2) is 33.0 Å². The molecule has 36 heavy (non-hydrogen) atoms. The van der Waals surface area contributed by atoms with E-state index < -0.39 is 5.97 Å². The number of aromatic nitrogens is 3. The summed E-state index contributed by atoms with van der Waals surface area (Å²) in [6.07, 6.45) is 5.48. The number of hydrogen-bond acceptors (Lipinski definition) is 7. The van der Waals surface area contributed by atoms with E-state index in [9.17, 15) is 15.0 Å². The molecule has 3 heterocycles. The number of pyridine rings is 1. The molecular formula is C27H22N3O6+. The largest absolute Gasteiger partial charge is 0.497 e. The third-order valence-electron chi connectivity index (χ3n) is 5.52. The molecule has 0 fully saturated rings. The van der Waals surface area contributed by atoms with E-state index in [1.165, 1.54) is 12.1 Å². The van der Waals surface area contributed by atoms with Gasteiger partial charge in [0.15, 0.2) is 24.7 Å². The van der Waals surface area contributed by atoms with Gasteiger partial charge in [-0.15, -0.1) is 4.73 Å². The standard InChI is InChI=1S/C27H21N3O6/c1-34-22-7-5-19(6-8-22)23-16-28-26(35-23)20-11-13-29(14-12-20)17-18-3-2-4-21(15-18)27(33)36-30-24(31)9-10-25(30)32/h2-16,28H,17H2,1H3/p+1. The number of hydrogen-bond donors (Lipinski definition) is 2. The molecule has 0 aliphatic heterocycles. The zero-order chi connectivity index (χ0) is 25.1. The van der Waals surface area contributed by atoms with E-state index >= 15 is 0 Å². The molecule has 0 aliphatic carbocycles. The molecule has 0 saturated heterocycles. The van der Waals surface area contributed by atoms with Crippen LogP contribution in [0.3, 0.4) is 0 Å². The monoisotopic (exact) mass is 484 g/mol. The molecule has 3 aromatic heterocycles. The Kier molecular flexibility index (Phi) is 6.10. The van der Waals surface area contributed by atoms with Gasteiger partial charge in [0.1, 0.15) is 5.75 Å². The van der Waals surface area contributed by atoms with Gasteiger partial charge in [0, 0.05) is 41.0 Å². The quantitative estimate of drug-likeness (QED) is 0.338. The minimum Gasteiger partial charge on any atom is -0.497 e. The molecule has 0 spiro atoms. The number of nitrogens with zero attached hydrogens (tertiary/aromatic N) is 3. The van der Waals surface area contributed by atoms with Crippen LogP contribution in [0.1, 0.15) is 15.9 Å². The normalized spacial score (nSPS) is 10.8. The summed E-state index contributed by atoms with van der Waals surface area (Å²) < 4.78 is 13.7. The Hall–Kier alpha value is -5.05. The van der Waals surface area contributed by atoms with Crippen molar-refractivity contribution in [2.24, 2.45) is 0 Å². The molecule has 0 radical (unpaired) electrons. The van der Waals surface area contributed by atoms with Crippen LogP contribution >= 0.6 is 0 Å². The second-order valence-corrected chi connectivity index (χ2v) is 7.94. The molecule has 0 amide bonds. The van der Waals surface area contributed by atoms with Crippen molar-refractivity contribution in [2.45, 2.75) is 6.54 Å². The fourth-order valence-corrected chi connectivity index (χ4v) is 3.64. The highest BCUT2D eigenvalue weighted by Crippen LogP contribution is 2.27. The van der Waals surface area contributed by atoms with E-state index in [1.807, 2.05) is 59.4 Å². The summed E-state index contributed by atoms with van der Waals surface area (Å²) in [4.78, 5) is 21.9. The van der Waals surface area contributed by atoms with Crippen LogP contribution in [0.5, 0.6) is 17.5 Å². The minimum absolute atomic E-state index is 0.281. The number of methoxy groups -OCH3 is 1. The number of aromatic hydroxyl groups is 2. The van der Waals surface area contributed by atoms with Gasteiger partial charge in [-0.3, -0.25) is 0 Å². The SMILES string of the molecule is COc1ccc(-c2cnc(-c3cc[n+](Cc4cccc(C(=O)On5c(O)ccc5O)c4)cc3)o2)cc1. The highest BCUT2D eigenvalue weighted by Gasteiger charge is 2.16. The van der Waals surface area contributed by atoms with Crippen LogP contribution in [0.25, 0.3) is 22.8 Å². The summed E-state index contributed by atoms with van der Waals surface area (Å²) in [5, 5.41) is 19.3. The van der Waals surface area contributed by atoms with Gasteiger partial charge in [-0.1, -0.05) is 12.1 Å². The first-order valence-corrected chi connectivity index (χ1v) is 11.0. The van der Waals surface area contributed by atoms with Crippen LogP contribution in [0.2, 0.25) is 0 Å². The molecule has 5 rings (SSSR count). The van der Waals surface area contributed by atoms with Crippen LogP contribution in [0.15, 0.2) is 95.8 Å². The Morgan fingerprint density at radius 1 is 0.972 bits per heavy atom. The lowest BCUT2D eigenvalue weighted by atomic mass is 10.1. The molecule has 2 N–H and O–H groups in total. The maximum Gasteiger partial charge on any atom is 0.363 e. The van der Waals surface area contributed by atoms with E-state index in [1.54, 1.807) is 31.5 Å². The van der Waals surface area contributed by atoms with Crippen molar-refractivity contribution >= 4 is 5.97 Å². The molecule has 0 bridgehead atoms.